The van der Waals surface area contributed by atoms with Crippen LogP contribution in [0.4, 0.5) is 13.2 Å². The van der Waals surface area contributed by atoms with Crippen LogP contribution < -0.4 is 9.47 Å². The van der Waals surface area contributed by atoms with Gasteiger partial charge in [0.1, 0.15) is 5.75 Å². The van der Waals surface area contributed by atoms with Gasteiger partial charge in [-0.05, 0) is 24.3 Å². The molecular formula is C12H8F3NO2. The van der Waals surface area contributed by atoms with E-state index in [1.54, 1.807) is 18.2 Å². The number of ether oxygens (including phenoxy) is 2. The lowest BCUT2D eigenvalue weighted by atomic mass is 10.3. The van der Waals surface area contributed by atoms with Crippen LogP contribution in [0.15, 0.2) is 48.8 Å². The van der Waals surface area contributed by atoms with E-state index in [1.807, 2.05) is 0 Å². The minimum absolute atomic E-state index is 0.0252. The number of hydrogen-bond acceptors (Lipinski definition) is 3. The van der Waals surface area contributed by atoms with Gasteiger partial charge in [0.2, 0.25) is 0 Å². The molecule has 0 bridgehead atoms. The van der Waals surface area contributed by atoms with Gasteiger partial charge in [-0.1, -0.05) is 12.1 Å². The number of halogens is 3. The predicted octanol–water partition coefficient (Wildman–Crippen LogP) is 3.77. The van der Waals surface area contributed by atoms with E-state index in [9.17, 15) is 13.2 Å². The molecule has 0 spiro atoms. The van der Waals surface area contributed by atoms with E-state index < -0.39 is 12.1 Å². The first kappa shape index (κ1) is 12.2. The standard InChI is InChI=1S/C12H8F3NO2/c13-12(14,15)18-11-6-2-1-5-10(11)17-9-4-3-7-16-8-9/h1-8H. The van der Waals surface area contributed by atoms with E-state index in [0.29, 0.717) is 5.75 Å². The second-order valence-corrected chi connectivity index (χ2v) is 3.29. The zero-order valence-corrected chi connectivity index (χ0v) is 9.02. The van der Waals surface area contributed by atoms with Gasteiger partial charge >= 0.3 is 6.36 Å². The van der Waals surface area contributed by atoms with Crippen molar-refractivity contribution in [1.82, 2.24) is 4.98 Å². The number of alkyl halides is 3. The van der Waals surface area contributed by atoms with Crippen molar-refractivity contribution in [2.75, 3.05) is 0 Å². The van der Waals surface area contributed by atoms with Crippen molar-refractivity contribution in [3.8, 4) is 17.2 Å². The molecule has 1 aromatic carbocycles. The second-order valence-electron chi connectivity index (χ2n) is 3.29. The van der Waals surface area contributed by atoms with Crippen LogP contribution in [0.2, 0.25) is 0 Å². The maximum atomic E-state index is 12.2. The minimum atomic E-state index is -4.76. The fraction of sp³-hybridized carbons (Fsp3) is 0.0833. The molecule has 2 rings (SSSR count). The Morgan fingerprint density at radius 2 is 1.67 bits per heavy atom. The third-order valence-corrected chi connectivity index (χ3v) is 1.94. The van der Waals surface area contributed by atoms with Gasteiger partial charge in [0.25, 0.3) is 0 Å². The Morgan fingerprint density at radius 1 is 0.944 bits per heavy atom. The van der Waals surface area contributed by atoms with Gasteiger partial charge in [-0.2, -0.15) is 0 Å². The van der Waals surface area contributed by atoms with E-state index in [-0.39, 0.29) is 5.75 Å². The van der Waals surface area contributed by atoms with E-state index >= 15 is 0 Å². The number of pyridine rings is 1. The van der Waals surface area contributed by atoms with Crippen LogP contribution in [-0.2, 0) is 0 Å². The van der Waals surface area contributed by atoms with Crippen LogP contribution in [0.5, 0.6) is 17.2 Å². The number of benzene rings is 1. The second kappa shape index (κ2) is 4.95. The topological polar surface area (TPSA) is 31.4 Å². The van der Waals surface area contributed by atoms with Gasteiger partial charge in [-0.15, -0.1) is 13.2 Å². The summed E-state index contributed by atoms with van der Waals surface area (Å²) in [7, 11) is 0. The van der Waals surface area contributed by atoms with Gasteiger partial charge in [-0.25, -0.2) is 0 Å². The molecule has 1 aromatic heterocycles. The molecule has 0 atom stereocenters. The summed E-state index contributed by atoms with van der Waals surface area (Å²) >= 11 is 0. The molecule has 6 heteroatoms. The molecule has 3 nitrogen and oxygen atoms in total. The molecule has 0 aliphatic rings. The fourth-order valence-electron chi connectivity index (χ4n) is 1.28. The highest BCUT2D eigenvalue weighted by Crippen LogP contribution is 2.34. The van der Waals surface area contributed by atoms with Crippen molar-refractivity contribution in [2.45, 2.75) is 6.36 Å². The van der Waals surface area contributed by atoms with Crippen molar-refractivity contribution >= 4 is 0 Å². The van der Waals surface area contributed by atoms with E-state index in [1.165, 1.54) is 30.6 Å². The molecule has 0 saturated heterocycles. The monoisotopic (exact) mass is 255 g/mol. The summed E-state index contributed by atoms with van der Waals surface area (Å²) in [5.74, 6) is -0.0904. The Balaban J connectivity index is 2.23. The molecule has 0 fully saturated rings. The van der Waals surface area contributed by atoms with Crippen LogP contribution in [0.1, 0.15) is 0 Å². The maximum Gasteiger partial charge on any atom is 0.573 e. The van der Waals surface area contributed by atoms with Gasteiger partial charge in [0.05, 0.1) is 6.20 Å². The molecule has 2 aromatic rings. The molecule has 1 heterocycles. The molecular weight excluding hydrogens is 247 g/mol. The Kier molecular flexibility index (Phi) is 3.36. The minimum Gasteiger partial charge on any atom is -0.452 e. The van der Waals surface area contributed by atoms with Crippen molar-refractivity contribution in [3.63, 3.8) is 0 Å². The normalized spacial score (nSPS) is 11.1. The maximum absolute atomic E-state index is 12.2. The van der Waals surface area contributed by atoms with E-state index in [4.69, 9.17) is 4.74 Å². The Hall–Kier alpha value is -2.24. The molecule has 18 heavy (non-hydrogen) atoms. The SMILES string of the molecule is FC(F)(F)Oc1ccccc1Oc1cccnc1. The van der Waals surface area contributed by atoms with E-state index in [0.717, 1.165) is 0 Å². The van der Waals surface area contributed by atoms with Crippen LogP contribution in [0, 0.1) is 0 Å². The molecule has 0 saturated carbocycles. The van der Waals surface area contributed by atoms with Gasteiger partial charge < -0.3 is 9.47 Å². The molecule has 0 N–H and O–H groups in total. The lowest BCUT2D eigenvalue weighted by Crippen LogP contribution is -2.17. The summed E-state index contributed by atoms with van der Waals surface area (Å²) in [4.78, 5) is 3.80. The average molecular weight is 255 g/mol. The number of para-hydroxylation sites is 2. The quantitative estimate of drug-likeness (QED) is 0.836. The molecule has 0 aliphatic heterocycles. The average Bonchev–Trinajstić information content (AvgIpc) is 2.31. The van der Waals surface area contributed by atoms with Crippen LogP contribution in [0.3, 0.4) is 0 Å². The zero-order valence-electron chi connectivity index (χ0n) is 9.02. The number of rotatable bonds is 3. The zero-order chi connectivity index (χ0) is 13.0. The van der Waals surface area contributed by atoms with Crippen molar-refractivity contribution in [3.05, 3.63) is 48.8 Å². The molecule has 0 aliphatic carbocycles. The molecule has 0 unspecified atom stereocenters. The molecule has 0 radical (unpaired) electrons. The van der Waals surface area contributed by atoms with Crippen LogP contribution >= 0.6 is 0 Å². The predicted molar refractivity (Wildman–Crippen MR) is 57.4 cm³/mol. The van der Waals surface area contributed by atoms with Crippen molar-refractivity contribution < 1.29 is 22.6 Å². The number of aromatic nitrogens is 1. The van der Waals surface area contributed by atoms with Crippen molar-refractivity contribution in [2.24, 2.45) is 0 Å². The summed E-state index contributed by atoms with van der Waals surface area (Å²) in [5.41, 5.74) is 0. The summed E-state index contributed by atoms with van der Waals surface area (Å²) in [6.45, 7) is 0. The third-order valence-electron chi connectivity index (χ3n) is 1.94. The third kappa shape index (κ3) is 3.38. The van der Waals surface area contributed by atoms with Crippen molar-refractivity contribution in [1.29, 1.82) is 0 Å². The lowest BCUT2D eigenvalue weighted by molar-refractivity contribution is -0.275. The summed E-state index contributed by atoms with van der Waals surface area (Å²) < 4.78 is 45.6. The highest BCUT2D eigenvalue weighted by atomic mass is 19.4. The summed E-state index contributed by atoms with van der Waals surface area (Å²) in [6, 6.07) is 8.74. The lowest BCUT2D eigenvalue weighted by Gasteiger charge is -2.13. The summed E-state index contributed by atoms with van der Waals surface area (Å²) in [5, 5.41) is 0. The highest BCUT2D eigenvalue weighted by Gasteiger charge is 2.32. The van der Waals surface area contributed by atoms with Gasteiger partial charge in [0, 0.05) is 6.20 Å². The largest absolute Gasteiger partial charge is 0.573 e. The fourth-order valence-corrected chi connectivity index (χ4v) is 1.28. The Bertz CT molecular complexity index is 514. The molecule has 94 valence electrons. The first-order valence-electron chi connectivity index (χ1n) is 4.97. The van der Waals surface area contributed by atoms with Crippen LogP contribution in [0.25, 0.3) is 0 Å². The summed E-state index contributed by atoms with van der Waals surface area (Å²) in [6.07, 6.45) is -1.83. The number of nitrogens with zero attached hydrogens (tertiary/aromatic N) is 1. The first-order valence-corrected chi connectivity index (χ1v) is 4.97. The van der Waals surface area contributed by atoms with Gasteiger partial charge in [0.15, 0.2) is 11.5 Å². The first-order chi connectivity index (χ1) is 8.54. The molecule has 0 amide bonds. The Labute approximate surface area is 101 Å². The highest BCUT2D eigenvalue weighted by molar-refractivity contribution is 5.42. The number of hydrogen-bond donors (Lipinski definition) is 0. The van der Waals surface area contributed by atoms with Crippen LogP contribution in [-0.4, -0.2) is 11.3 Å². The Morgan fingerprint density at radius 3 is 2.28 bits per heavy atom. The van der Waals surface area contributed by atoms with Gasteiger partial charge in [-0.3, -0.25) is 4.98 Å². The smallest absolute Gasteiger partial charge is 0.452 e. The van der Waals surface area contributed by atoms with E-state index in [2.05, 4.69) is 9.72 Å².